The number of halogens is 1. The molecule has 1 aromatic carbocycles. The zero-order valence-corrected chi connectivity index (χ0v) is 19.6. The lowest BCUT2D eigenvalue weighted by molar-refractivity contribution is 0.0453. The number of piperidine rings is 1. The van der Waals surface area contributed by atoms with E-state index in [1.165, 1.54) is 17.5 Å². The van der Waals surface area contributed by atoms with E-state index in [9.17, 15) is 0 Å². The van der Waals surface area contributed by atoms with Gasteiger partial charge in [0.15, 0.2) is 5.96 Å². The van der Waals surface area contributed by atoms with Gasteiger partial charge in [0, 0.05) is 33.3 Å². The molecule has 1 fully saturated rings. The molecule has 0 radical (unpaired) electrons. The van der Waals surface area contributed by atoms with Crippen LogP contribution in [0.4, 0.5) is 0 Å². The maximum Gasteiger partial charge on any atom is 0.193 e. The fraction of sp³-hybridized carbons (Fsp3) is 0.667. The highest BCUT2D eigenvalue weighted by molar-refractivity contribution is 14.0. The summed E-state index contributed by atoms with van der Waals surface area (Å²) in [6.45, 7) is 12.2. The summed E-state index contributed by atoms with van der Waals surface area (Å²) >= 11 is 0. The van der Waals surface area contributed by atoms with Gasteiger partial charge in [0.1, 0.15) is 0 Å². The lowest BCUT2D eigenvalue weighted by Crippen LogP contribution is -2.48. The predicted molar refractivity (Wildman–Crippen MR) is 123 cm³/mol. The first-order valence-corrected chi connectivity index (χ1v) is 9.81. The summed E-state index contributed by atoms with van der Waals surface area (Å²) in [5.74, 6) is 2.44. The van der Waals surface area contributed by atoms with Crippen LogP contribution in [0.3, 0.4) is 0 Å². The van der Waals surface area contributed by atoms with Crippen molar-refractivity contribution < 1.29 is 9.47 Å². The van der Waals surface area contributed by atoms with Gasteiger partial charge in [-0.3, -0.25) is 4.99 Å². The summed E-state index contributed by atoms with van der Waals surface area (Å²) in [6, 6.07) is 8.53. The molecule has 6 heteroatoms. The first-order chi connectivity index (χ1) is 12.6. The van der Waals surface area contributed by atoms with Crippen LogP contribution in [0.1, 0.15) is 38.3 Å². The van der Waals surface area contributed by atoms with Gasteiger partial charge in [-0.05, 0) is 36.3 Å². The number of rotatable bonds is 8. The van der Waals surface area contributed by atoms with Gasteiger partial charge in [-0.25, -0.2) is 0 Å². The molecule has 1 N–H and O–H groups in total. The van der Waals surface area contributed by atoms with E-state index < -0.39 is 0 Å². The topological polar surface area (TPSA) is 46.1 Å². The number of hydrogen-bond acceptors (Lipinski definition) is 3. The van der Waals surface area contributed by atoms with Crippen molar-refractivity contribution in [3.05, 3.63) is 35.4 Å². The Morgan fingerprint density at radius 1 is 1.15 bits per heavy atom. The SMILES string of the molecule is CCOCCOCc1cccc(CNC(=NC)N2CC(C)CC(C)C2)c1.I. The van der Waals surface area contributed by atoms with Crippen LogP contribution in [-0.4, -0.2) is 50.8 Å². The number of likely N-dealkylation sites (tertiary alicyclic amines) is 1. The number of nitrogens with zero attached hydrogens (tertiary/aromatic N) is 2. The summed E-state index contributed by atoms with van der Waals surface area (Å²) in [7, 11) is 1.87. The third-order valence-electron chi connectivity index (χ3n) is 4.67. The molecule has 2 rings (SSSR count). The van der Waals surface area contributed by atoms with Crippen LogP contribution in [-0.2, 0) is 22.6 Å². The van der Waals surface area contributed by atoms with Gasteiger partial charge in [-0.15, -0.1) is 24.0 Å². The van der Waals surface area contributed by atoms with Crippen LogP contribution < -0.4 is 5.32 Å². The Hall–Kier alpha value is -0.860. The molecule has 1 heterocycles. The smallest absolute Gasteiger partial charge is 0.193 e. The highest BCUT2D eigenvalue weighted by Crippen LogP contribution is 2.21. The van der Waals surface area contributed by atoms with Crippen molar-refractivity contribution in [2.24, 2.45) is 16.8 Å². The molecular formula is C21H36IN3O2. The summed E-state index contributed by atoms with van der Waals surface area (Å²) in [5.41, 5.74) is 2.44. The van der Waals surface area contributed by atoms with E-state index in [2.05, 4.69) is 53.3 Å². The largest absolute Gasteiger partial charge is 0.379 e. The van der Waals surface area contributed by atoms with Gasteiger partial charge in [0.25, 0.3) is 0 Å². The molecule has 1 saturated heterocycles. The molecular weight excluding hydrogens is 453 g/mol. The average molecular weight is 489 g/mol. The zero-order chi connectivity index (χ0) is 18.8. The Morgan fingerprint density at radius 2 is 1.81 bits per heavy atom. The molecule has 0 saturated carbocycles. The number of hydrogen-bond donors (Lipinski definition) is 1. The van der Waals surface area contributed by atoms with Crippen LogP contribution in [0.5, 0.6) is 0 Å². The number of guanidine groups is 1. The summed E-state index contributed by atoms with van der Waals surface area (Å²) in [4.78, 5) is 6.88. The molecule has 1 aromatic rings. The summed E-state index contributed by atoms with van der Waals surface area (Å²) < 4.78 is 11.0. The fourth-order valence-corrected chi connectivity index (χ4v) is 3.63. The van der Waals surface area contributed by atoms with Crippen LogP contribution in [0, 0.1) is 11.8 Å². The van der Waals surface area contributed by atoms with Crippen LogP contribution in [0.2, 0.25) is 0 Å². The highest BCUT2D eigenvalue weighted by atomic mass is 127. The van der Waals surface area contributed by atoms with Gasteiger partial charge in [0.2, 0.25) is 0 Å². The molecule has 0 spiro atoms. The fourth-order valence-electron chi connectivity index (χ4n) is 3.63. The molecule has 2 unspecified atom stereocenters. The second-order valence-electron chi connectivity index (χ2n) is 7.32. The number of ether oxygens (including phenoxy) is 2. The monoisotopic (exact) mass is 489 g/mol. The van der Waals surface area contributed by atoms with Crippen molar-refractivity contribution in [2.75, 3.05) is 40.0 Å². The molecule has 0 aromatic heterocycles. The lowest BCUT2D eigenvalue weighted by atomic mass is 9.92. The van der Waals surface area contributed by atoms with E-state index in [0.717, 1.165) is 44.0 Å². The van der Waals surface area contributed by atoms with Crippen molar-refractivity contribution >= 4 is 29.9 Å². The van der Waals surface area contributed by atoms with E-state index in [-0.39, 0.29) is 24.0 Å². The van der Waals surface area contributed by atoms with Crippen LogP contribution in [0.25, 0.3) is 0 Å². The molecule has 1 aliphatic rings. The molecule has 0 amide bonds. The van der Waals surface area contributed by atoms with Crippen molar-refractivity contribution in [1.82, 2.24) is 10.2 Å². The maximum atomic E-state index is 5.66. The highest BCUT2D eigenvalue weighted by Gasteiger charge is 2.23. The van der Waals surface area contributed by atoms with Crippen molar-refractivity contribution in [1.29, 1.82) is 0 Å². The van der Waals surface area contributed by atoms with Gasteiger partial charge < -0.3 is 19.7 Å². The molecule has 27 heavy (non-hydrogen) atoms. The van der Waals surface area contributed by atoms with E-state index in [1.54, 1.807) is 0 Å². The van der Waals surface area contributed by atoms with Crippen molar-refractivity contribution in [3.63, 3.8) is 0 Å². The summed E-state index contributed by atoms with van der Waals surface area (Å²) in [6.07, 6.45) is 1.30. The van der Waals surface area contributed by atoms with Crippen LogP contribution >= 0.6 is 24.0 Å². The lowest BCUT2D eigenvalue weighted by Gasteiger charge is -2.37. The number of benzene rings is 1. The molecule has 154 valence electrons. The van der Waals surface area contributed by atoms with Gasteiger partial charge >= 0.3 is 0 Å². The Bertz CT molecular complexity index is 558. The molecule has 0 bridgehead atoms. The Morgan fingerprint density at radius 3 is 2.48 bits per heavy atom. The van der Waals surface area contributed by atoms with Crippen molar-refractivity contribution in [3.8, 4) is 0 Å². The first kappa shape index (κ1) is 24.2. The molecule has 2 atom stereocenters. The van der Waals surface area contributed by atoms with Crippen molar-refractivity contribution in [2.45, 2.75) is 40.3 Å². The van der Waals surface area contributed by atoms with Gasteiger partial charge in [0.05, 0.1) is 19.8 Å². The van der Waals surface area contributed by atoms with Gasteiger partial charge in [-0.2, -0.15) is 0 Å². The third kappa shape index (κ3) is 8.79. The third-order valence-corrected chi connectivity index (χ3v) is 4.67. The minimum Gasteiger partial charge on any atom is -0.379 e. The predicted octanol–water partition coefficient (Wildman–Crippen LogP) is 3.91. The molecule has 0 aliphatic carbocycles. The number of aliphatic imine (C=N–C) groups is 1. The second-order valence-corrected chi connectivity index (χ2v) is 7.32. The Labute approximate surface area is 181 Å². The average Bonchev–Trinajstić information content (AvgIpc) is 2.62. The van der Waals surface area contributed by atoms with E-state index in [0.29, 0.717) is 19.8 Å². The quantitative estimate of drug-likeness (QED) is 0.260. The van der Waals surface area contributed by atoms with E-state index in [4.69, 9.17) is 9.47 Å². The van der Waals surface area contributed by atoms with E-state index in [1.807, 2.05) is 14.0 Å². The minimum atomic E-state index is 0. The molecule has 5 nitrogen and oxygen atoms in total. The maximum absolute atomic E-state index is 5.66. The normalized spacial score (nSPS) is 20.3. The number of nitrogens with one attached hydrogen (secondary N) is 1. The minimum absolute atomic E-state index is 0. The zero-order valence-electron chi connectivity index (χ0n) is 17.2. The van der Waals surface area contributed by atoms with Gasteiger partial charge in [-0.1, -0.05) is 38.1 Å². The molecule has 1 aliphatic heterocycles. The standard InChI is InChI=1S/C21H35N3O2.HI/c1-5-25-9-10-26-16-20-8-6-7-19(12-20)13-23-21(22-4)24-14-17(2)11-18(3)15-24;/h6-8,12,17-18H,5,9-11,13-16H2,1-4H3,(H,22,23);1H. The Kier molecular flexibility index (Phi) is 11.9. The van der Waals surface area contributed by atoms with E-state index >= 15 is 0 Å². The van der Waals surface area contributed by atoms with Crippen LogP contribution in [0.15, 0.2) is 29.3 Å². The summed E-state index contributed by atoms with van der Waals surface area (Å²) in [5, 5.41) is 3.52. The first-order valence-electron chi connectivity index (χ1n) is 9.81. The Balaban J connectivity index is 0.00000364. The second kappa shape index (κ2) is 13.3.